The van der Waals surface area contributed by atoms with Crippen molar-refractivity contribution in [2.75, 3.05) is 6.61 Å². The van der Waals surface area contributed by atoms with Gasteiger partial charge in [-0.25, -0.2) is 4.79 Å². The summed E-state index contributed by atoms with van der Waals surface area (Å²) >= 11 is 0. The fourth-order valence-electron chi connectivity index (χ4n) is 2.58. The fraction of sp³-hybridized carbons (Fsp3) is 0.588. The van der Waals surface area contributed by atoms with Crippen molar-refractivity contribution in [2.45, 2.75) is 58.3 Å². The molecule has 112 valence electrons. The van der Waals surface area contributed by atoms with Gasteiger partial charge in [0.2, 0.25) is 0 Å². The van der Waals surface area contributed by atoms with Gasteiger partial charge < -0.3 is 10.2 Å². The minimum absolute atomic E-state index is 0.284. The minimum Gasteiger partial charge on any atom is -0.478 e. The highest BCUT2D eigenvalue weighted by Gasteiger charge is 2.12. The summed E-state index contributed by atoms with van der Waals surface area (Å²) in [6.45, 7) is 2.35. The van der Waals surface area contributed by atoms with Crippen molar-refractivity contribution < 1.29 is 15.0 Å². The van der Waals surface area contributed by atoms with Crippen molar-refractivity contribution in [3.8, 4) is 0 Å². The van der Waals surface area contributed by atoms with Gasteiger partial charge in [0, 0.05) is 6.61 Å². The lowest BCUT2D eigenvalue weighted by Gasteiger charge is -2.11. The number of hydrogen-bond donors (Lipinski definition) is 2. The third-order valence-corrected chi connectivity index (χ3v) is 3.72. The number of aliphatic hydroxyl groups excluding tert-OH is 1. The van der Waals surface area contributed by atoms with Gasteiger partial charge in [-0.2, -0.15) is 0 Å². The van der Waals surface area contributed by atoms with E-state index in [0.29, 0.717) is 5.56 Å². The van der Waals surface area contributed by atoms with E-state index in [2.05, 4.69) is 6.92 Å². The van der Waals surface area contributed by atoms with Crippen LogP contribution in [0.3, 0.4) is 0 Å². The van der Waals surface area contributed by atoms with Crippen LogP contribution in [-0.4, -0.2) is 22.8 Å². The monoisotopic (exact) mass is 278 g/mol. The van der Waals surface area contributed by atoms with Gasteiger partial charge in [0.1, 0.15) is 0 Å². The molecule has 0 fully saturated rings. The van der Waals surface area contributed by atoms with Gasteiger partial charge >= 0.3 is 5.97 Å². The van der Waals surface area contributed by atoms with Crippen LogP contribution in [0, 0.1) is 0 Å². The second kappa shape index (κ2) is 9.54. The lowest BCUT2D eigenvalue weighted by Crippen LogP contribution is -2.06. The van der Waals surface area contributed by atoms with Gasteiger partial charge in [0.25, 0.3) is 0 Å². The molecular formula is C17H26O3. The summed E-state index contributed by atoms with van der Waals surface area (Å²) in [5, 5.41) is 18.0. The molecule has 0 aromatic heterocycles. The van der Waals surface area contributed by atoms with Crippen LogP contribution >= 0.6 is 0 Å². The Labute approximate surface area is 121 Å². The first-order valence-electron chi connectivity index (χ1n) is 7.65. The van der Waals surface area contributed by atoms with Crippen LogP contribution in [0.2, 0.25) is 0 Å². The number of rotatable bonds is 10. The number of carbonyl (C=O) groups is 1. The number of carboxylic acid groups (broad SMARTS) is 1. The van der Waals surface area contributed by atoms with Gasteiger partial charge in [-0.1, -0.05) is 44.7 Å². The Hall–Kier alpha value is -1.35. The van der Waals surface area contributed by atoms with E-state index in [9.17, 15) is 9.90 Å². The van der Waals surface area contributed by atoms with E-state index in [1.165, 1.54) is 0 Å². The van der Waals surface area contributed by atoms with Crippen LogP contribution in [0.15, 0.2) is 18.2 Å². The highest BCUT2D eigenvalue weighted by Crippen LogP contribution is 2.19. The largest absolute Gasteiger partial charge is 0.478 e. The summed E-state index contributed by atoms with van der Waals surface area (Å²) < 4.78 is 0. The molecule has 0 amide bonds. The second-order valence-electron chi connectivity index (χ2n) is 5.20. The Bertz CT molecular complexity index is 413. The third kappa shape index (κ3) is 5.33. The van der Waals surface area contributed by atoms with E-state index in [1.54, 1.807) is 6.07 Å². The molecule has 20 heavy (non-hydrogen) atoms. The van der Waals surface area contributed by atoms with Gasteiger partial charge in [-0.15, -0.1) is 0 Å². The third-order valence-electron chi connectivity index (χ3n) is 3.72. The van der Waals surface area contributed by atoms with E-state index < -0.39 is 5.97 Å². The molecule has 0 atom stereocenters. The second-order valence-corrected chi connectivity index (χ2v) is 5.20. The van der Waals surface area contributed by atoms with Crippen molar-refractivity contribution in [3.05, 3.63) is 34.9 Å². The molecule has 3 nitrogen and oxygen atoms in total. The Morgan fingerprint density at radius 2 is 1.70 bits per heavy atom. The summed E-state index contributed by atoms with van der Waals surface area (Å²) in [5.74, 6) is -0.821. The number of aromatic carboxylic acids is 1. The molecule has 0 bridgehead atoms. The molecule has 0 saturated heterocycles. The molecule has 3 heteroatoms. The van der Waals surface area contributed by atoms with E-state index in [4.69, 9.17) is 5.11 Å². The fourth-order valence-corrected chi connectivity index (χ4v) is 2.58. The van der Waals surface area contributed by atoms with Crippen LogP contribution in [0.1, 0.15) is 66.9 Å². The van der Waals surface area contributed by atoms with E-state index in [1.807, 2.05) is 12.1 Å². The predicted octanol–water partition coefficient (Wildman–Crippen LogP) is 3.82. The number of aryl methyl sites for hydroxylation is 1. The Kier molecular flexibility index (Phi) is 7.97. The summed E-state index contributed by atoms with van der Waals surface area (Å²) in [4.78, 5) is 11.3. The normalized spacial score (nSPS) is 10.7. The average molecular weight is 278 g/mol. The van der Waals surface area contributed by atoms with Crippen LogP contribution in [0.25, 0.3) is 0 Å². The van der Waals surface area contributed by atoms with Crippen molar-refractivity contribution >= 4 is 5.97 Å². The van der Waals surface area contributed by atoms with Crippen LogP contribution in [0.5, 0.6) is 0 Å². The van der Waals surface area contributed by atoms with E-state index in [0.717, 1.165) is 62.5 Å². The molecule has 0 unspecified atom stereocenters. The molecule has 1 aromatic carbocycles. The number of hydrogen-bond acceptors (Lipinski definition) is 2. The van der Waals surface area contributed by atoms with E-state index >= 15 is 0 Å². The highest BCUT2D eigenvalue weighted by molar-refractivity contribution is 5.89. The van der Waals surface area contributed by atoms with Crippen LogP contribution < -0.4 is 0 Å². The first kappa shape index (κ1) is 16.7. The molecule has 0 aliphatic carbocycles. The number of unbranched alkanes of at least 4 members (excludes halogenated alkanes) is 5. The first-order chi connectivity index (χ1) is 9.70. The Morgan fingerprint density at radius 1 is 1.05 bits per heavy atom. The summed E-state index contributed by atoms with van der Waals surface area (Å²) in [5.41, 5.74) is 2.63. The molecule has 0 saturated carbocycles. The molecule has 1 aromatic rings. The quantitative estimate of drug-likeness (QED) is 0.640. The Balaban J connectivity index is 2.48. The highest BCUT2D eigenvalue weighted by atomic mass is 16.4. The lowest BCUT2D eigenvalue weighted by atomic mass is 9.94. The van der Waals surface area contributed by atoms with Crippen molar-refractivity contribution in [1.82, 2.24) is 0 Å². The predicted molar refractivity (Wildman–Crippen MR) is 81.3 cm³/mol. The topological polar surface area (TPSA) is 57.5 Å². The van der Waals surface area contributed by atoms with Gasteiger partial charge in [-0.05, 0) is 42.9 Å². The number of benzene rings is 1. The zero-order chi connectivity index (χ0) is 14.8. The van der Waals surface area contributed by atoms with Gasteiger partial charge in [0.05, 0.1) is 5.56 Å². The molecule has 0 aliphatic rings. The van der Waals surface area contributed by atoms with Crippen LogP contribution in [0.4, 0.5) is 0 Å². The molecule has 2 N–H and O–H groups in total. The average Bonchev–Trinajstić information content (AvgIpc) is 2.46. The van der Waals surface area contributed by atoms with E-state index in [-0.39, 0.29) is 6.61 Å². The SMILES string of the molecule is CCc1cccc(C(=O)O)c1CCCCCCCCO. The number of aliphatic hydroxyl groups is 1. The Morgan fingerprint density at radius 3 is 2.30 bits per heavy atom. The van der Waals surface area contributed by atoms with Crippen molar-refractivity contribution in [1.29, 1.82) is 0 Å². The maximum atomic E-state index is 11.3. The molecule has 1 rings (SSSR count). The minimum atomic E-state index is -0.821. The standard InChI is InChI=1S/C17H26O3/c1-2-14-10-9-12-16(17(19)20)15(14)11-7-5-3-4-6-8-13-18/h9-10,12,18H,2-8,11,13H2,1H3,(H,19,20). The molecule has 0 radical (unpaired) electrons. The lowest BCUT2D eigenvalue weighted by molar-refractivity contribution is 0.0695. The summed E-state index contributed by atoms with van der Waals surface area (Å²) in [6, 6.07) is 5.57. The van der Waals surface area contributed by atoms with Crippen molar-refractivity contribution in [3.63, 3.8) is 0 Å². The maximum Gasteiger partial charge on any atom is 0.335 e. The molecule has 0 spiro atoms. The summed E-state index contributed by atoms with van der Waals surface area (Å²) in [6.07, 6.45) is 8.19. The zero-order valence-electron chi connectivity index (χ0n) is 12.4. The molecular weight excluding hydrogens is 252 g/mol. The molecule has 0 aliphatic heterocycles. The van der Waals surface area contributed by atoms with Crippen LogP contribution in [-0.2, 0) is 12.8 Å². The van der Waals surface area contributed by atoms with Gasteiger partial charge in [0.15, 0.2) is 0 Å². The molecule has 0 heterocycles. The number of carboxylic acids is 1. The first-order valence-corrected chi connectivity index (χ1v) is 7.65. The van der Waals surface area contributed by atoms with Gasteiger partial charge in [-0.3, -0.25) is 0 Å². The maximum absolute atomic E-state index is 11.3. The smallest absolute Gasteiger partial charge is 0.335 e. The zero-order valence-corrected chi connectivity index (χ0v) is 12.4. The summed E-state index contributed by atoms with van der Waals surface area (Å²) in [7, 11) is 0. The van der Waals surface area contributed by atoms with Crippen molar-refractivity contribution in [2.24, 2.45) is 0 Å².